The predicted octanol–water partition coefficient (Wildman–Crippen LogP) is 3.81. The van der Waals surface area contributed by atoms with Crippen LogP contribution in [0, 0.1) is 11.3 Å². The van der Waals surface area contributed by atoms with Crippen molar-refractivity contribution in [1.29, 1.82) is 0 Å². The van der Waals surface area contributed by atoms with Crippen LogP contribution in [0.4, 0.5) is 0 Å². The van der Waals surface area contributed by atoms with Gasteiger partial charge in [0, 0.05) is 32.0 Å². The maximum absolute atomic E-state index is 13.2. The minimum Gasteiger partial charge on any atom is -0.493 e. The Hall–Kier alpha value is -2.33. The van der Waals surface area contributed by atoms with Gasteiger partial charge in [-0.15, -0.1) is 0 Å². The molecule has 1 spiro atoms. The first-order valence-corrected chi connectivity index (χ1v) is 11.5. The molecule has 0 aromatic heterocycles. The first-order chi connectivity index (χ1) is 14.7. The lowest BCUT2D eigenvalue weighted by atomic mass is 9.89. The summed E-state index contributed by atoms with van der Waals surface area (Å²) in [5.74, 6) is 1.75. The average Bonchev–Trinajstić information content (AvgIpc) is 3.27. The molecule has 4 heteroatoms. The van der Waals surface area contributed by atoms with E-state index in [4.69, 9.17) is 4.74 Å². The number of ether oxygens (including phenoxy) is 1. The molecule has 1 atom stereocenters. The second-order valence-corrected chi connectivity index (χ2v) is 9.71. The molecule has 2 aromatic carbocycles. The Morgan fingerprint density at radius 1 is 1.00 bits per heavy atom. The fourth-order valence-corrected chi connectivity index (χ4v) is 5.91. The zero-order chi connectivity index (χ0) is 20.1. The second-order valence-electron chi connectivity index (χ2n) is 9.71. The summed E-state index contributed by atoms with van der Waals surface area (Å²) in [5, 5.41) is 0. The first-order valence-electron chi connectivity index (χ1n) is 11.5. The molecule has 1 saturated heterocycles. The van der Waals surface area contributed by atoms with E-state index in [1.54, 1.807) is 0 Å². The van der Waals surface area contributed by atoms with Crippen LogP contribution in [0.3, 0.4) is 0 Å². The van der Waals surface area contributed by atoms with E-state index in [1.807, 2.05) is 0 Å². The van der Waals surface area contributed by atoms with Crippen LogP contribution >= 0.6 is 0 Å². The van der Waals surface area contributed by atoms with Crippen LogP contribution in [0.2, 0.25) is 0 Å². The highest BCUT2D eigenvalue weighted by Gasteiger charge is 2.59. The molecule has 1 unspecified atom stereocenters. The molecule has 0 radical (unpaired) electrons. The third-order valence-corrected chi connectivity index (χ3v) is 7.94. The molecule has 2 fully saturated rings. The molecule has 2 aromatic rings. The molecule has 1 aliphatic carbocycles. The van der Waals surface area contributed by atoms with Crippen LogP contribution in [0.1, 0.15) is 41.5 Å². The number of hydrogen-bond acceptors (Lipinski definition) is 3. The summed E-state index contributed by atoms with van der Waals surface area (Å²) in [4.78, 5) is 17.9. The molecule has 30 heavy (non-hydrogen) atoms. The largest absolute Gasteiger partial charge is 0.493 e. The summed E-state index contributed by atoms with van der Waals surface area (Å²) in [6.07, 6.45) is 5.48. The molecule has 3 heterocycles. The summed E-state index contributed by atoms with van der Waals surface area (Å²) in [7, 11) is 0. The van der Waals surface area contributed by atoms with Gasteiger partial charge in [-0.2, -0.15) is 0 Å². The third-order valence-electron chi connectivity index (χ3n) is 7.94. The van der Waals surface area contributed by atoms with Crippen molar-refractivity contribution < 1.29 is 9.53 Å². The van der Waals surface area contributed by atoms with Crippen molar-refractivity contribution in [3.63, 3.8) is 0 Å². The highest BCUT2D eigenvalue weighted by Crippen LogP contribution is 2.60. The number of piperidine rings is 1. The Morgan fingerprint density at radius 2 is 1.83 bits per heavy atom. The van der Waals surface area contributed by atoms with Crippen LogP contribution in [0.25, 0.3) is 0 Å². The van der Waals surface area contributed by atoms with Gasteiger partial charge >= 0.3 is 0 Å². The molecule has 156 valence electrons. The van der Waals surface area contributed by atoms with Gasteiger partial charge in [-0.25, -0.2) is 0 Å². The summed E-state index contributed by atoms with van der Waals surface area (Å²) < 4.78 is 5.63. The average molecular weight is 403 g/mol. The fraction of sp³-hybridized carbons (Fsp3) is 0.500. The quantitative estimate of drug-likeness (QED) is 0.783. The molecule has 0 bridgehead atoms. The normalized spacial score (nSPS) is 24.3. The molecule has 1 amide bonds. The van der Waals surface area contributed by atoms with Gasteiger partial charge in [-0.1, -0.05) is 36.4 Å². The van der Waals surface area contributed by atoms with E-state index in [9.17, 15) is 4.79 Å². The van der Waals surface area contributed by atoms with Crippen LogP contribution < -0.4 is 4.74 Å². The van der Waals surface area contributed by atoms with Crippen molar-refractivity contribution in [3.8, 4) is 5.75 Å². The van der Waals surface area contributed by atoms with Gasteiger partial charge in [-0.05, 0) is 72.5 Å². The highest BCUT2D eigenvalue weighted by molar-refractivity contribution is 5.83. The molecule has 4 nitrogen and oxygen atoms in total. The van der Waals surface area contributed by atoms with Crippen molar-refractivity contribution in [2.75, 3.05) is 26.2 Å². The van der Waals surface area contributed by atoms with Crippen molar-refractivity contribution in [3.05, 3.63) is 64.7 Å². The minimum atomic E-state index is 0.266. The standard InChI is InChI=1S/C26H30N2O2/c29-25(28-11-7-20-3-1-2-4-22(20)18-28)23-16-26(23)9-12-27(13-10-26)17-19-5-6-24-21(15-19)8-14-30-24/h1-6,15,23H,7-14,16-18H2. The first kappa shape index (κ1) is 18.4. The lowest BCUT2D eigenvalue weighted by Crippen LogP contribution is -2.40. The van der Waals surface area contributed by atoms with E-state index < -0.39 is 0 Å². The van der Waals surface area contributed by atoms with Gasteiger partial charge in [0.25, 0.3) is 0 Å². The van der Waals surface area contributed by atoms with Crippen LogP contribution in [-0.4, -0.2) is 41.9 Å². The van der Waals surface area contributed by atoms with E-state index in [1.165, 1.54) is 35.1 Å². The van der Waals surface area contributed by atoms with Gasteiger partial charge in [0.05, 0.1) is 6.61 Å². The lowest BCUT2D eigenvalue weighted by Gasteiger charge is -2.34. The Kier molecular flexibility index (Phi) is 4.38. The summed E-state index contributed by atoms with van der Waals surface area (Å²) in [6, 6.07) is 15.3. The Labute approximate surface area is 178 Å². The van der Waals surface area contributed by atoms with E-state index >= 15 is 0 Å². The number of benzene rings is 2. The molecular weight excluding hydrogens is 372 g/mol. The number of nitrogens with zero attached hydrogens (tertiary/aromatic N) is 2. The highest BCUT2D eigenvalue weighted by atomic mass is 16.5. The maximum Gasteiger partial charge on any atom is 0.226 e. The van der Waals surface area contributed by atoms with Crippen LogP contribution in [0.5, 0.6) is 5.75 Å². The number of hydrogen-bond donors (Lipinski definition) is 0. The number of amides is 1. The lowest BCUT2D eigenvalue weighted by molar-refractivity contribution is -0.134. The third kappa shape index (κ3) is 3.22. The van der Waals surface area contributed by atoms with Crippen molar-refractivity contribution >= 4 is 5.91 Å². The minimum absolute atomic E-state index is 0.266. The van der Waals surface area contributed by atoms with Gasteiger partial charge in [-0.3, -0.25) is 9.69 Å². The van der Waals surface area contributed by atoms with Crippen LogP contribution in [-0.2, 0) is 30.7 Å². The van der Waals surface area contributed by atoms with Crippen molar-refractivity contribution in [1.82, 2.24) is 9.80 Å². The molecular formula is C26H30N2O2. The fourth-order valence-electron chi connectivity index (χ4n) is 5.91. The number of fused-ring (bicyclic) bond motifs is 2. The van der Waals surface area contributed by atoms with E-state index in [0.29, 0.717) is 5.91 Å². The molecule has 4 aliphatic rings. The van der Waals surface area contributed by atoms with E-state index in [2.05, 4.69) is 52.3 Å². The van der Waals surface area contributed by atoms with E-state index in [0.717, 1.165) is 64.3 Å². The monoisotopic (exact) mass is 402 g/mol. The molecule has 3 aliphatic heterocycles. The summed E-state index contributed by atoms with van der Waals surface area (Å²) in [6.45, 7) is 5.75. The number of likely N-dealkylation sites (tertiary alicyclic amines) is 1. The van der Waals surface area contributed by atoms with Crippen molar-refractivity contribution in [2.24, 2.45) is 11.3 Å². The van der Waals surface area contributed by atoms with Gasteiger partial charge < -0.3 is 9.64 Å². The second kappa shape index (κ2) is 7.12. The Balaban J connectivity index is 1.05. The smallest absolute Gasteiger partial charge is 0.226 e. The number of rotatable bonds is 3. The SMILES string of the molecule is O=C(C1CC12CCN(Cc1ccc3c(c1)CCO3)CC2)N1CCc2ccccc2C1. The number of carbonyl (C=O) groups excluding carboxylic acids is 1. The maximum atomic E-state index is 13.2. The van der Waals surface area contributed by atoms with E-state index in [-0.39, 0.29) is 11.3 Å². The molecule has 0 N–H and O–H groups in total. The zero-order valence-electron chi connectivity index (χ0n) is 17.6. The molecule has 1 saturated carbocycles. The van der Waals surface area contributed by atoms with Gasteiger partial charge in [0.2, 0.25) is 5.91 Å². The summed E-state index contributed by atoms with van der Waals surface area (Å²) in [5.41, 5.74) is 5.79. The molecule has 6 rings (SSSR count). The summed E-state index contributed by atoms with van der Waals surface area (Å²) >= 11 is 0. The van der Waals surface area contributed by atoms with Crippen LogP contribution in [0.15, 0.2) is 42.5 Å². The zero-order valence-corrected chi connectivity index (χ0v) is 17.6. The topological polar surface area (TPSA) is 32.8 Å². The Bertz CT molecular complexity index is 977. The van der Waals surface area contributed by atoms with Gasteiger partial charge in [0.1, 0.15) is 5.75 Å². The predicted molar refractivity (Wildman–Crippen MR) is 116 cm³/mol. The number of carbonyl (C=O) groups is 1. The van der Waals surface area contributed by atoms with Crippen molar-refractivity contribution in [2.45, 2.75) is 45.2 Å². The Morgan fingerprint density at radius 3 is 2.70 bits per heavy atom. The van der Waals surface area contributed by atoms with Gasteiger partial charge in [0.15, 0.2) is 0 Å².